The molecule has 0 bridgehead atoms. The van der Waals surface area contributed by atoms with Crippen LogP contribution in [0, 0.1) is 24.7 Å². The summed E-state index contributed by atoms with van der Waals surface area (Å²) in [5.74, 6) is 3.49. The van der Waals surface area contributed by atoms with Crippen molar-refractivity contribution < 1.29 is 41.0 Å². The molecule has 0 heterocycles. The van der Waals surface area contributed by atoms with E-state index in [-0.39, 0.29) is 34.0 Å². The highest BCUT2D eigenvalue weighted by Crippen LogP contribution is 2.36. The van der Waals surface area contributed by atoms with E-state index in [0.717, 1.165) is 24.3 Å². The Kier molecular flexibility index (Phi) is 12.7. The van der Waals surface area contributed by atoms with Crippen LogP contribution in [0.4, 0.5) is 32.0 Å². The third-order valence-corrected chi connectivity index (χ3v) is 6.28. The zero-order valence-corrected chi connectivity index (χ0v) is 24.3. The zero-order valence-electron chi connectivity index (χ0n) is 22.8. The van der Waals surface area contributed by atoms with Gasteiger partial charge in [0.25, 0.3) is 0 Å². The third kappa shape index (κ3) is 11.3. The van der Waals surface area contributed by atoms with Crippen molar-refractivity contribution in [2.75, 3.05) is 5.73 Å². The fourth-order valence-electron chi connectivity index (χ4n) is 3.47. The molecule has 0 amide bonds. The first-order chi connectivity index (χ1) is 21.0. The molecule has 4 aromatic carbocycles. The smallest absolute Gasteiger partial charge is 0.417 e. The van der Waals surface area contributed by atoms with E-state index in [2.05, 4.69) is 11.8 Å². The molecule has 0 aliphatic heterocycles. The Hall–Kier alpha value is -4.90. The number of carbonyl (C=O) groups is 2. The molecule has 12 heteroatoms. The number of rotatable bonds is 4. The summed E-state index contributed by atoms with van der Waals surface area (Å²) in [4.78, 5) is 22.5. The number of nitrogen functional groups attached to an aromatic ring is 1. The average molecular weight is 664 g/mol. The molecule has 0 saturated carbocycles. The van der Waals surface area contributed by atoms with Gasteiger partial charge >= 0.3 is 18.3 Å². The van der Waals surface area contributed by atoms with Crippen LogP contribution in [-0.2, 0) is 18.8 Å². The minimum atomic E-state index is -4.56. The predicted octanol–water partition coefficient (Wildman–Crippen LogP) is 9.07. The normalized spacial score (nSPS) is 10.6. The minimum absolute atomic E-state index is 0.0479. The van der Waals surface area contributed by atoms with E-state index in [1.807, 2.05) is 0 Å². The van der Waals surface area contributed by atoms with Crippen molar-refractivity contribution in [1.82, 2.24) is 0 Å². The molecule has 0 aromatic heterocycles. The van der Waals surface area contributed by atoms with Crippen molar-refractivity contribution in [1.29, 1.82) is 0 Å². The number of alkyl halides is 6. The number of aromatic carboxylic acids is 1. The highest BCUT2D eigenvalue weighted by Gasteiger charge is 2.34. The Balaban J connectivity index is 0.000000259. The van der Waals surface area contributed by atoms with Crippen LogP contribution in [0.2, 0.25) is 10.0 Å². The lowest BCUT2D eigenvalue weighted by Gasteiger charge is -2.10. The molecule has 0 spiro atoms. The maximum Gasteiger partial charge on any atom is 0.417 e. The molecule has 0 atom stereocenters. The zero-order chi connectivity index (χ0) is 33.9. The molecule has 0 aliphatic rings. The van der Waals surface area contributed by atoms with Crippen molar-refractivity contribution in [3.05, 3.63) is 134 Å². The van der Waals surface area contributed by atoms with Crippen LogP contribution < -0.4 is 5.73 Å². The van der Waals surface area contributed by atoms with E-state index in [1.165, 1.54) is 30.3 Å². The highest BCUT2D eigenvalue weighted by molar-refractivity contribution is 6.31. The topological polar surface area (TPSA) is 80.4 Å². The standard InChI is InChI=1S/C17H10ClF3O.C9H6O2.C7H5ClF3N/c1-2-11-4-3-5-13(8-11)16(22)10-12-6-7-15(18)14(9-12)17(19,20)21;1-2-7-4-3-5-8(6-7)9(10)11;8-6-2-1-4(12)3-5(6)7(9,10)11/h1,3-9H,10H2;1,3-6H,(H,10,11);1-3H,12H2. The molecule has 0 saturated heterocycles. The van der Waals surface area contributed by atoms with Gasteiger partial charge in [0.2, 0.25) is 0 Å². The number of nitrogens with two attached hydrogens (primary N) is 1. The second-order valence-electron chi connectivity index (χ2n) is 8.90. The van der Waals surface area contributed by atoms with Gasteiger partial charge in [-0.2, -0.15) is 26.3 Å². The lowest BCUT2D eigenvalue weighted by Crippen LogP contribution is -2.09. The predicted molar refractivity (Wildman–Crippen MR) is 161 cm³/mol. The van der Waals surface area contributed by atoms with E-state index >= 15 is 0 Å². The maximum atomic E-state index is 12.8. The number of Topliss-reactive ketones (excluding diaryl/α,β-unsaturated/α-hetero) is 1. The van der Waals surface area contributed by atoms with Gasteiger partial charge in [-0.1, -0.05) is 59.3 Å². The minimum Gasteiger partial charge on any atom is -0.478 e. The van der Waals surface area contributed by atoms with Crippen LogP contribution in [-0.4, -0.2) is 16.9 Å². The summed E-state index contributed by atoms with van der Waals surface area (Å²) in [5.41, 5.74) is 5.32. The summed E-state index contributed by atoms with van der Waals surface area (Å²) in [6.07, 6.45) is 1.18. The quantitative estimate of drug-likeness (QED) is 0.0988. The summed E-state index contributed by atoms with van der Waals surface area (Å²) >= 11 is 10.9. The molecule has 4 nitrogen and oxygen atoms in total. The molecule has 0 radical (unpaired) electrons. The Morgan fingerprint density at radius 2 is 1.18 bits per heavy atom. The number of halogens is 8. The summed E-state index contributed by atoms with van der Waals surface area (Å²) in [6, 6.07) is 19.4. The Bertz CT molecular complexity index is 1770. The van der Waals surface area contributed by atoms with Crippen LogP contribution in [0.15, 0.2) is 84.9 Å². The molecule has 0 unspecified atom stereocenters. The first kappa shape index (κ1) is 36.3. The van der Waals surface area contributed by atoms with E-state index in [0.29, 0.717) is 16.7 Å². The second kappa shape index (κ2) is 15.7. The number of hydrogen-bond donors (Lipinski definition) is 2. The highest BCUT2D eigenvalue weighted by atomic mass is 35.5. The lowest BCUT2D eigenvalue weighted by atomic mass is 10.00. The largest absolute Gasteiger partial charge is 0.478 e. The van der Waals surface area contributed by atoms with Crippen LogP contribution in [0.25, 0.3) is 0 Å². The fraction of sp³-hybridized carbons (Fsp3) is 0.0909. The van der Waals surface area contributed by atoms with Gasteiger partial charge in [-0.25, -0.2) is 4.79 Å². The Morgan fingerprint density at radius 1 is 0.711 bits per heavy atom. The number of carbonyl (C=O) groups excluding carboxylic acids is 1. The van der Waals surface area contributed by atoms with E-state index in [4.69, 9.17) is 46.9 Å². The molecule has 3 N–H and O–H groups in total. The van der Waals surface area contributed by atoms with E-state index in [9.17, 15) is 35.9 Å². The number of carboxylic acid groups (broad SMARTS) is 1. The summed E-state index contributed by atoms with van der Waals surface area (Å²) in [7, 11) is 0. The van der Waals surface area contributed by atoms with E-state index in [1.54, 1.807) is 30.3 Å². The van der Waals surface area contributed by atoms with Crippen molar-refractivity contribution in [2.24, 2.45) is 0 Å². The summed E-state index contributed by atoms with van der Waals surface area (Å²) < 4.78 is 74.7. The van der Waals surface area contributed by atoms with Gasteiger partial charge in [-0.05, 0) is 66.2 Å². The van der Waals surface area contributed by atoms with Gasteiger partial charge < -0.3 is 10.8 Å². The summed E-state index contributed by atoms with van der Waals surface area (Å²) in [6.45, 7) is 0. The van der Waals surface area contributed by atoms with Gasteiger partial charge in [-0.15, -0.1) is 12.8 Å². The van der Waals surface area contributed by atoms with Crippen LogP contribution in [0.5, 0.6) is 0 Å². The number of carboxylic acids is 1. The van der Waals surface area contributed by atoms with E-state index < -0.39 is 34.5 Å². The van der Waals surface area contributed by atoms with Crippen molar-refractivity contribution in [3.63, 3.8) is 0 Å². The molecule has 0 fully saturated rings. The molecule has 4 aromatic rings. The van der Waals surface area contributed by atoms with Gasteiger partial charge in [-0.3, -0.25) is 4.79 Å². The maximum absolute atomic E-state index is 12.8. The summed E-state index contributed by atoms with van der Waals surface area (Å²) in [5, 5.41) is 7.81. The number of terminal acetylenes is 2. The molecule has 45 heavy (non-hydrogen) atoms. The van der Waals surface area contributed by atoms with Gasteiger partial charge in [0.1, 0.15) is 0 Å². The van der Waals surface area contributed by atoms with Crippen molar-refractivity contribution in [2.45, 2.75) is 18.8 Å². The van der Waals surface area contributed by atoms with Gasteiger partial charge in [0.05, 0.1) is 26.7 Å². The Labute approximate surface area is 264 Å². The van der Waals surface area contributed by atoms with Crippen molar-refractivity contribution >= 4 is 40.6 Å². The molecule has 0 aliphatic carbocycles. The first-order valence-electron chi connectivity index (χ1n) is 12.3. The third-order valence-electron chi connectivity index (χ3n) is 5.62. The van der Waals surface area contributed by atoms with Crippen LogP contribution in [0.3, 0.4) is 0 Å². The number of hydrogen-bond acceptors (Lipinski definition) is 3. The van der Waals surface area contributed by atoms with Gasteiger partial charge in [0.15, 0.2) is 5.78 Å². The average Bonchev–Trinajstić information content (AvgIpc) is 2.99. The molecule has 4 rings (SSSR count). The number of ketones is 1. The van der Waals surface area contributed by atoms with Crippen molar-refractivity contribution in [3.8, 4) is 24.7 Å². The Morgan fingerprint density at radius 3 is 1.64 bits per heavy atom. The van der Waals surface area contributed by atoms with Gasteiger partial charge in [0, 0.05) is 28.8 Å². The first-order valence-corrected chi connectivity index (χ1v) is 13.1. The monoisotopic (exact) mass is 663 g/mol. The van der Waals surface area contributed by atoms with Crippen LogP contribution in [0.1, 0.15) is 48.5 Å². The molecular weight excluding hydrogens is 643 g/mol. The molecule has 232 valence electrons. The van der Waals surface area contributed by atoms with Crippen LogP contribution >= 0.6 is 23.2 Å². The SMILES string of the molecule is C#Cc1cccc(C(=O)Cc2ccc(Cl)c(C(F)(F)F)c2)c1.C#Cc1cccc(C(=O)O)c1.Nc1ccc(Cl)c(C(F)(F)F)c1. The number of anilines is 1. The fourth-order valence-corrected chi connectivity index (χ4v) is 3.92. The second-order valence-corrected chi connectivity index (χ2v) is 9.72. The molecular formula is C33H21Cl2F6NO3. The lowest BCUT2D eigenvalue weighted by molar-refractivity contribution is -0.138. The number of benzene rings is 4.